The van der Waals surface area contributed by atoms with Crippen LogP contribution in [0.3, 0.4) is 0 Å². The fourth-order valence-corrected chi connectivity index (χ4v) is 5.14. The molecule has 2 aromatic carbocycles. The van der Waals surface area contributed by atoms with E-state index in [1.165, 1.54) is 29.2 Å². The van der Waals surface area contributed by atoms with Crippen molar-refractivity contribution in [2.45, 2.75) is 69.5 Å². The smallest absolute Gasteiger partial charge is 0.243 e. The summed E-state index contributed by atoms with van der Waals surface area (Å²) in [6.45, 7) is 0. The molecule has 3 rings (SSSR count). The van der Waals surface area contributed by atoms with Crippen LogP contribution >= 0.6 is 0 Å². The molecule has 1 aliphatic carbocycles. The van der Waals surface area contributed by atoms with E-state index in [1.54, 1.807) is 31.3 Å². The summed E-state index contributed by atoms with van der Waals surface area (Å²) in [6, 6.07) is 9.90. The Morgan fingerprint density at radius 2 is 1.52 bits per heavy atom. The van der Waals surface area contributed by atoms with Crippen molar-refractivity contribution in [2.24, 2.45) is 33.8 Å². The third kappa shape index (κ3) is 9.04. The molecule has 0 bridgehead atoms. The van der Waals surface area contributed by atoms with Crippen LogP contribution in [0.15, 0.2) is 53.5 Å². The number of hydrogen-bond acceptors (Lipinski definition) is 5. The van der Waals surface area contributed by atoms with Crippen molar-refractivity contribution in [3.05, 3.63) is 65.5 Å². The molecule has 1 aliphatic rings. The summed E-state index contributed by atoms with van der Waals surface area (Å²) in [5.41, 5.74) is 24.8. The molecule has 3 amide bonds. The van der Waals surface area contributed by atoms with Crippen molar-refractivity contribution in [1.82, 2.24) is 10.2 Å². The number of aliphatic imine (C=N–C) groups is 1. The first kappa shape index (κ1) is 30.6. The van der Waals surface area contributed by atoms with Gasteiger partial charge in [0.1, 0.15) is 17.9 Å². The van der Waals surface area contributed by atoms with Gasteiger partial charge in [0.05, 0.1) is 11.7 Å². The number of nitrogens with zero attached hydrogens (tertiary/aromatic N) is 2. The predicted molar refractivity (Wildman–Crippen MR) is 153 cm³/mol. The van der Waals surface area contributed by atoms with Crippen LogP contribution in [0.5, 0.6) is 0 Å². The zero-order valence-electron chi connectivity index (χ0n) is 22.9. The monoisotopic (exact) mass is 553 g/mol. The van der Waals surface area contributed by atoms with Gasteiger partial charge >= 0.3 is 0 Å². The van der Waals surface area contributed by atoms with Crippen molar-refractivity contribution < 1.29 is 18.8 Å². The van der Waals surface area contributed by atoms with E-state index in [0.29, 0.717) is 17.7 Å². The second-order valence-electron chi connectivity index (χ2n) is 10.5. The first-order chi connectivity index (χ1) is 19.0. The summed E-state index contributed by atoms with van der Waals surface area (Å²) in [4.78, 5) is 44.6. The lowest BCUT2D eigenvalue weighted by molar-refractivity contribution is -0.141. The average molecular weight is 554 g/mol. The second-order valence-corrected chi connectivity index (χ2v) is 10.5. The van der Waals surface area contributed by atoms with Gasteiger partial charge in [-0.3, -0.25) is 14.4 Å². The molecule has 216 valence electrons. The zero-order chi connectivity index (χ0) is 29.2. The Balaban J connectivity index is 1.74. The molecule has 11 heteroatoms. The minimum absolute atomic E-state index is 0.0558. The summed E-state index contributed by atoms with van der Waals surface area (Å²) < 4.78 is 13.3. The first-order valence-electron chi connectivity index (χ1n) is 13.6. The lowest BCUT2D eigenvalue weighted by Gasteiger charge is -2.34. The Hall–Kier alpha value is -3.99. The van der Waals surface area contributed by atoms with Gasteiger partial charge in [-0.25, -0.2) is 9.38 Å². The van der Waals surface area contributed by atoms with E-state index >= 15 is 0 Å². The van der Waals surface area contributed by atoms with E-state index < -0.39 is 41.7 Å². The molecule has 0 saturated heterocycles. The van der Waals surface area contributed by atoms with E-state index in [-0.39, 0.29) is 24.7 Å². The van der Waals surface area contributed by atoms with Gasteiger partial charge in [0.15, 0.2) is 5.96 Å². The summed E-state index contributed by atoms with van der Waals surface area (Å²) in [6.07, 6.45) is 6.03. The van der Waals surface area contributed by atoms with Gasteiger partial charge in [-0.1, -0.05) is 56.4 Å². The average Bonchev–Trinajstić information content (AvgIpc) is 2.93. The molecule has 0 spiro atoms. The number of benzene rings is 2. The molecular weight excluding hydrogens is 513 g/mol. The SMILES string of the molecule is CN(C(=O)[C@@H](N)Cc1ccc(N=C(N)N)cc1)[C@@H](CC1CCCCC1)C(=O)N[C@@H](Cc1ccc(F)cc1)C(N)=O. The van der Waals surface area contributed by atoms with Crippen LogP contribution in [-0.4, -0.2) is 53.8 Å². The highest BCUT2D eigenvalue weighted by Gasteiger charge is 2.34. The van der Waals surface area contributed by atoms with Crippen LogP contribution in [0, 0.1) is 11.7 Å². The maximum atomic E-state index is 13.6. The van der Waals surface area contributed by atoms with Gasteiger partial charge < -0.3 is 33.2 Å². The molecule has 1 saturated carbocycles. The number of halogens is 1. The highest BCUT2D eigenvalue weighted by molar-refractivity contribution is 5.92. The fourth-order valence-electron chi connectivity index (χ4n) is 5.14. The maximum Gasteiger partial charge on any atom is 0.243 e. The number of carbonyl (C=O) groups is 3. The van der Waals surface area contributed by atoms with Crippen LogP contribution < -0.4 is 28.3 Å². The number of hydrogen-bond donors (Lipinski definition) is 5. The third-order valence-electron chi connectivity index (χ3n) is 7.38. The van der Waals surface area contributed by atoms with Crippen molar-refractivity contribution in [1.29, 1.82) is 0 Å². The molecule has 9 N–H and O–H groups in total. The molecule has 3 atom stereocenters. The number of nitrogens with two attached hydrogens (primary N) is 4. The van der Waals surface area contributed by atoms with Crippen LogP contribution in [0.1, 0.15) is 49.7 Å². The predicted octanol–water partition coefficient (Wildman–Crippen LogP) is 1.61. The van der Waals surface area contributed by atoms with Gasteiger partial charge in [-0.2, -0.15) is 0 Å². The van der Waals surface area contributed by atoms with Crippen molar-refractivity contribution >= 4 is 29.4 Å². The number of rotatable bonds is 12. The summed E-state index contributed by atoms with van der Waals surface area (Å²) in [5.74, 6) is -1.77. The number of amides is 3. The fraction of sp³-hybridized carbons (Fsp3) is 0.448. The molecule has 0 aliphatic heterocycles. The van der Waals surface area contributed by atoms with Crippen molar-refractivity contribution in [3.8, 4) is 0 Å². The van der Waals surface area contributed by atoms with Crippen LogP contribution in [0.2, 0.25) is 0 Å². The molecule has 1 fully saturated rings. The quantitative estimate of drug-likeness (QED) is 0.196. The number of primary amides is 1. The van der Waals surface area contributed by atoms with Crippen molar-refractivity contribution in [2.75, 3.05) is 7.05 Å². The van der Waals surface area contributed by atoms with Crippen LogP contribution in [0.25, 0.3) is 0 Å². The highest BCUT2D eigenvalue weighted by atomic mass is 19.1. The van der Waals surface area contributed by atoms with Gasteiger partial charge in [-0.05, 0) is 54.2 Å². The Bertz CT molecular complexity index is 1180. The molecule has 0 unspecified atom stereocenters. The molecule has 0 aromatic heterocycles. The van der Waals surface area contributed by atoms with E-state index in [9.17, 15) is 18.8 Å². The summed E-state index contributed by atoms with van der Waals surface area (Å²) in [5, 5.41) is 2.74. The number of carbonyl (C=O) groups excluding carboxylic acids is 3. The topological polar surface area (TPSA) is 183 Å². The first-order valence-corrected chi connectivity index (χ1v) is 13.6. The number of nitrogens with one attached hydrogen (secondary N) is 1. The van der Waals surface area contributed by atoms with Gasteiger partial charge in [0.25, 0.3) is 0 Å². The Kier molecular flexibility index (Phi) is 11.0. The Morgan fingerprint density at radius 3 is 2.10 bits per heavy atom. The minimum atomic E-state index is -1.02. The molecule has 0 heterocycles. The summed E-state index contributed by atoms with van der Waals surface area (Å²) >= 11 is 0. The van der Waals surface area contributed by atoms with Gasteiger partial charge in [0.2, 0.25) is 17.7 Å². The Morgan fingerprint density at radius 1 is 0.950 bits per heavy atom. The molecule has 2 aromatic rings. The maximum absolute atomic E-state index is 13.6. The van der Waals surface area contributed by atoms with E-state index in [4.69, 9.17) is 22.9 Å². The molecule has 40 heavy (non-hydrogen) atoms. The highest BCUT2D eigenvalue weighted by Crippen LogP contribution is 2.29. The zero-order valence-corrected chi connectivity index (χ0v) is 22.9. The van der Waals surface area contributed by atoms with Gasteiger partial charge in [-0.15, -0.1) is 0 Å². The number of guanidine groups is 1. The summed E-state index contributed by atoms with van der Waals surface area (Å²) in [7, 11) is 1.57. The van der Waals surface area contributed by atoms with E-state index in [2.05, 4.69) is 10.3 Å². The van der Waals surface area contributed by atoms with Crippen LogP contribution in [-0.2, 0) is 27.2 Å². The van der Waals surface area contributed by atoms with E-state index in [1.807, 2.05) is 0 Å². The molecule has 0 radical (unpaired) electrons. The number of likely N-dealkylation sites (N-methyl/N-ethyl adjacent to an activating group) is 1. The normalized spacial score (nSPS) is 15.9. The van der Waals surface area contributed by atoms with E-state index in [0.717, 1.165) is 37.7 Å². The molecule has 10 nitrogen and oxygen atoms in total. The third-order valence-corrected chi connectivity index (χ3v) is 7.38. The Labute approximate surface area is 234 Å². The minimum Gasteiger partial charge on any atom is -0.370 e. The lowest BCUT2D eigenvalue weighted by Crippen LogP contribution is -2.56. The second kappa shape index (κ2) is 14.4. The largest absolute Gasteiger partial charge is 0.370 e. The standard InChI is InChI=1S/C29H40FN7O3/c1-37(28(40)23(31)15-19-9-13-22(14-10-19)35-29(33)34)25(17-18-5-3-2-4-6-18)27(39)36-24(26(32)38)16-20-7-11-21(30)12-8-20/h7-14,18,23-25H,2-6,15-17,31H2,1H3,(H2,32,38)(H,36,39)(H4,33,34,35)/t23-,24-,25-/m0/s1. The molecular formula is C29H40FN7O3. The van der Waals surface area contributed by atoms with Crippen molar-refractivity contribution in [3.63, 3.8) is 0 Å². The van der Waals surface area contributed by atoms with Crippen LogP contribution in [0.4, 0.5) is 10.1 Å². The van der Waals surface area contributed by atoms with Gasteiger partial charge in [0, 0.05) is 13.5 Å². The lowest BCUT2D eigenvalue weighted by atomic mass is 9.84.